The van der Waals surface area contributed by atoms with E-state index in [1.54, 1.807) is 18.2 Å². The molecule has 0 spiro atoms. The van der Waals surface area contributed by atoms with Gasteiger partial charge in [0.2, 0.25) is 0 Å². The van der Waals surface area contributed by atoms with Gasteiger partial charge in [-0.25, -0.2) is 4.39 Å². The van der Waals surface area contributed by atoms with Crippen LogP contribution in [-0.4, -0.2) is 47.4 Å². The molecule has 0 N–H and O–H groups in total. The molecule has 6 heteroatoms. The molecule has 146 valence electrons. The average Bonchev–Trinajstić information content (AvgIpc) is 3.43. The number of benzene rings is 1. The standard InChI is InChI=1S/C22H24FN3OS/c1-15-4-2-10-25(15)14-17-5-3-11-26(17)22(27)19-8-6-16(12-20(19)23)21-9-7-18(13-24)28-21/h6-9,12,15,17H,2-5,10-11,14H2,1H3. The topological polar surface area (TPSA) is 47.3 Å². The second-order valence-electron chi connectivity index (χ2n) is 7.75. The van der Waals surface area contributed by atoms with Crippen molar-refractivity contribution in [1.82, 2.24) is 9.80 Å². The summed E-state index contributed by atoms with van der Waals surface area (Å²) in [6, 6.07) is 11.1. The van der Waals surface area contributed by atoms with Crippen LogP contribution in [0.15, 0.2) is 30.3 Å². The van der Waals surface area contributed by atoms with Gasteiger partial charge in [-0.2, -0.15) is 5.26 Å². The lowest BCUT2D eigenvalue weighted by atomic mass is 10.1. The van der Waals surface area contributed by atoms with Crippen LogP contribution in [0.25, 0.3) is 10.4 Å². The summed E-state index contributed by atoms with van der Waals surface area (Å²) in [6.07, 6.45) is 4.40. The number of likely N-dealkylation sites (tertiary alicyclic amines) is 2. The zero-order chi connectivity index (χ0) is 19.7. The van der Waals surface area contributed by atoms with E-state index >= 15 is 0 Å². The summed E-state index contributed by atoms with van der Waals surface area (Å²) in [4.78, 5) is 18.8. The van der Waals surface area contributed by atoms with E-state index in [0.29, 0.717) is 23.0 Å². The second kappa shape index (κ2) is 8.02. The number of nitrogens with zero attached hydrogens (tertiary/aromatic N) is 3. The van der Waals surface area contributed by atoms with Crippen LogP contribution in [0.2, 0.25) is 0 Å². The Bertz CT molecular complexity index is 919. The third-order valence-corrected chi connectivity index (χ3v) is 7.01. The van der Waals surface area contributed by atoms with E-state index in [1.165, 1.54) is 30.2 Å². The number of carbonyl (C=O) groups is 1. The highest BCUT2D eigenvalue weighted by Gasteiger charge is 2.33. The molecule has 2 aliphatic rings. The number of halogens is 1. The third-order valence-electron chi connectivity index (χ3n) is 5.97. The second-order valence-corrected chi connectivity index (χ2v) is 8.83. The summed E-state index contributed by atoms with van der Waals surface area (Å²) in [6.45, 7) is 4.92. The maximum absolute atomic E-state index is 14.8. The lowest BCUT2D eigenvalue weighted by molar-refractivity contribution is 0.0692. The minimum absolute atomic E-state index is 0.141. The van der Waals surface area contributed by atoms with Gasteiger partial charge >= 0.3 is 0 Å². The smallest absolute Gasteiger partial charge is 0.257 e. The highest BCUT2D eigenvalue weighted by atomic mass is 32.1. The molecule has 0 saturated carbocycles. The fourth-order valence-electron chi connectivity index (χ4n) is 4.38. The quantitative estimate of drug-likeness (QED) is 0.762. The lowest BCUT2D eigenvalue weighted by Crippen LogP contribution is -2.44. The van der Waals surface area contributed by atoms with Crippen molar-refractivity contribution in [1.29, 1.82) is 5.26 Å². The number of thiophene rings is 1. The average molecular weight is 398 g/mol. The van der Waals surface area contributed by atoms with Gasteiger partial charge in [-0.3, -0.25) is 9.69 Å². The molecule has 3 heterocycles. The van der Waals surface area contributed by atoms with Crippen molar-refractivity contribution < 1.29 is 9.18 Å². The predicted octanol–water partition coefficient (Wildman–Crippen LogP) is 4.51. The van der Waals surface area contributed by atoms with Gasteiger partial charge in [0, 0.05) is 30.1 Å². The first-order chi connectivity index (χ1) is 13.6. The Hall–Kier alpha value is -2.23. The van der Waals surface area contributed by atoms with E-state index in [2.05, 4.69) is 17.9 Å². The molecule has 2 aliphatic heterocycles. The zero-order valence-corrected chi connectivity index (χ0v) is 16.8. The molecular weight excluding hydrogens is 373 g/mol. The molecule has 1 aromatic carbocycles. The van der Waals surface area contributed by atoms with Gasteiger partial charge < -0.3 is 4.90 Å². The van der Waals surface area contributed by atoms with E-state index in [0.717, 1.165) is 30.8 Å². The summed E-state index contributed by atoms with van der Waals surface area (Å²) in [5.41, 5.74) is 0.839. The number of hydrogen-bond acceptors (Lipinski definition) is 4. The largest absolute Gasteiger partial charge is 0.334 e. The molecule has 0 aliphatic carbocycles. The van der Waals surface area contributed by atoms with Crippen molar-refractivity contribution in [2.45, 2.75) is 44.7 Å². The number of nitriles is 1. The number of rotatable bonds is 4. The van der Waals surface area contributed by atoms with Crippen LogP contribution in [0.1, 0.15) is 47.8 Å². The molecule has 0 bridgehead atoms. The highest BCUT2D eigenvalue weighted by Crippen LogP contribution is 2.30. The Kier molecular flexibility index (Phi) is 5.47. The van der Waals surface area contributed by atoms with Gasteiger partial charge in [0.25, 0.3) is 5.91 Å². The third kappa shape index (κ3) is 3.69. The number of amides is 1. The molecule has 4 nitrogen and oxygen atoms in total. The molecular formula is C22H24FN3OS. The fraction of sp³-hybridized carbons (Fsp3) is 0.455. The Morgan fingerprint density at radius 2 is 2.07 bits per heavy atom. The Morgan fingerprint density at radius 1 is 1.25 bits per heavy atom. The summed E-state index contributed by atoms with van der Waals surface area (Å²) >= 11 is 1.32. The predicted molar refractivity (Wildman–Crippen MR) is 109 cm³/mol. The van der Waals surface area contributed by atoms with Crippen LogP contribution in [0, 0.1) is 17.1 Å². The first-order valence-corrected chi connectivity index (χ1v) is 10.7. The molecule has 2 fully saturated rings. The highest BCUT2D eigenvalue weighted by molar-refractivity contribution is 7.16. The summed E-state index contributed by atoms with van der Waals surface area (Å²) in [5, 5.41) is 8.97. The van der Waals surface area contributed by atoms with Crippen molar-refractivity contribution in [3.05, 3.63) is 46.6 Å². The first-order valence-electron chi connectivity index (χ1n) is 9.91. The molecule has 2 unspecified atom stereocenters. The van der Waals surface area contributed by atoms with Gasteiger partial charge in [-0.05, 0) is 69.0 Å². The molecule has 28 heavy (non-hydrogen) atoms. The van der Waals surface area contributed by atoms with Gasteiger partial charge in [0.05, 0.1) is 5.56 Å². The molecule has 1 amide bonds. The van der Waals surface area contributed by atoms with E-state index in [9.17, 15) is 9.18 Å². The van der Waals surface area contributed by atoms with Gasteiger partial charge in [-0.1, -0.05) is 6.07 Å². The van der Waals surface area contributed by atoms with Crippen LogP contribution in [0.3, 0.4) is 0 Å². The lowest BCUT2D eigenvalue weighted by Gasteiger charge is -2.31. The maximum Gasteiger partial charge on any atom is 0.257 e. The first kappa shape index (κ1) is 19.1. The van der Waals surface area contributed by atoms with E-state index < -0.39 is 5.82 Å². The zero-order valence-electron chi connectivity index (χ0n) is 16.0. The summed E-state index contributed by atoms with van der Waals surface area (Å²) < 4.78 is 14.8. The Balaban J connectivity index is 1.51. The van der Waals surface area contributed by atoms with Gasteiger partial charge in [0.1, 0.15) is 16.8 Å². The van der Waals surface area contributed by atoms with Crippen LogP contribution in [-0.2, 0) is 0 Å². The minimum Gasteiger partial charge on any atom is -0.334 e. The van der Waals surface area contributed by atoms with Gasteiger partial charge in [-0.15, -0.1) is 11.3 Å². The molecule has 1 aromatic heterocycles. The van der Waals surface area contributed by atoms with E-state index in [-0.39, 0.29) is 17.5 Å². The molecule has 2 aromatic rings. The molecule has 2 atom stereocenters. The normalized spacial score (nSPS) is 22.5. The maximum atomic E-state index is 14.8. The van der Waals surface area contributed by atoms with Crippen molar-refractivity contribution in [3.63, 3.8) is 0 Å². The molecule has 4 rings (SSSR count). The monoisotopic (exact) mass is 397 g/mol. The Labute approximate surface area is 169 Å². The summed E-state index contributed by atoms with van der Waals surface area (Å²) in [7, 11) is 0. The SMILES string of the molecule is CC1CCCN1CC1CCCN1C(=O)c1ccc(-c2ccc(C#N)s2)cc1F. The fourth-order valence-corrected chi connectivity index (χ4v) is 5.18. The summed E-state index contributed by atoms with van der Waals surface area (Å²) in [5.74, 6) is -0.697. The number of hydrogen-bond donors (Lipinski definition) is 0. The Morgan fingerprint density at radius 3 is 2.75 bits per heavy atom. The van der Waals surface area contributed by atoms with Crippen LogP contribution < -0.4 is 0 Å². The molecule has 2 saturated heterocycles. The van der Waals surface area contributed by atoms with Crippen molar-refractivity contribution in [3.8, 4) is 16.5 Å². The van der Waals surface area contributed by atoms with E-state index in [1.807, 2.05) is 11.0 Å². The van der Waals surface area contributed by atoms with Crippen LogP contribution in [0.5, 0.6) is 0 Å². The van der Waals surface area contributed by atoms with Crippen LogP contribution in [0.4, 0.5) is 4.39 Å². The van der Waals surface area contributed by atoms with Crippen molar-refractivity contribution in [2.24, 2.45) is 0 Å². The number of carbonyl (C=O) groups excluding carboxylic acids is 1. The van der Waals surface area contributed by atoms with Crippen molar-refractivity contribution in [2.75, 3.05) is 19.6 Å². The minimum atomic E-state index is -0.491. The van der Waals surface area contributed by atoms with E-state index in [4.69, 9.17) is 5.26 Å². The van der Waals surface area contributed by atoms with Crippen LogP contribution >= 0.6 is 11.3 Å². The van der Waals surface area contributed by atoms with Gasteiger partial charge in [0.15, 0.2) is 0 Å². The molecule has 0 radical (unpaired) electrons. The van der Waals surface area contributed by atoms with Crippen molar-refractivity contribution >= 4 is 17.2 Å².